The Labute approximate surface area is 173 Å². The summed E-state index contributed by atoms with van der Waals surface area (Å²) in [6, 6.07) is 21.1. The lowest BCUT2D eigenvalue weighted by Gasteiger charge is -2.23. The van der Waals surface area contributed by atoms with Gasteiger partial charge in [-0.25, -0.2) is 0 Å². The van der Waals surface area contributed by atoms with Gasteiger partial charge in [-0.3, -0.25) is 0 Å². The molecule has 154 valence electrons. The third-order valence-corrected chi connectivity index (χ3v) is 9.09. The summed E-state index contributed by atoms with van der Waals surface area (Å²) in [4.78, 5) is 0. The summed E-state index contributed by atoms with van der Waals surface area (Å²) in [6.07, 6.45) is 17.4. The fourth-order valence-electron chi connectivity index (χ4n) is 3.96. The predicted molar refractivity (Wildman–Crippen MR) is 128 cm³/mol. The summed E-state index contributed by atoms with van der Waals surface area (Å²) < 4.78 is 0. The summed E-state index contributed by atoms with van der Waals surface area (Å²) in [6.45, 7) is 2.28. The number of nitrogens with one attached hydrogen (secondary N) is 1. The Morgan fingerprint density at radius 3 is 1.29 bits per heavy atom. The van der Waals surface area contributed by atoms with Crippen LogP contribution in [0.2, 0.25) is 0 Å². The van der Waals surface area contributed by atoms with E-state index in [-0.39, 0.29) is 0 Å². The topological polar surface area (TPSA) is 23.9 Å². The SMILES string of the molecule is CCCCCCCCCCCCCCP(=N)(c1ccccc1)c1ccccc1. The van der Waals surface area contributed by atoms with Crippen molar-refractivity contribution in [3.8, 4) is 0 Å². The Morgan fingerprint density at radius 1 is 0.536 bits per heavy atom. The smallest absolute Gasteiger partial charge is 0.0237 e. The van der Waals surface area contributed by atoms with Crippen LogP contribution in [0.5, 0.6) is 0 Å². The number of rotatable bonds is 15. The Morgan fingerprint density at radius 2 is 0.893 bits per heavy atom. The summed E-state index contributed by atoms with van der Waals surface area (Å²) in [5, 5.41) is 11.8. The molecule has 28 heavy (non-hydrogen) atoms. The first-order chi connectivity index (χ1) is 13.8. The molecule has 0 aliphatic rings. The van der Waals surface area contributed by atoms with Gasteiger partial charge in [-0.15, -0.1) is 0 Å². The zero-order valence-electron chi connectivity index (χ0n) is 17.9. The maximum Gasteiger partial charge on any atom is 0.0237 e. The first-order valence-corrected chi connectivity index (χ1v) is 13.5. The van der Waals surface area contributed by atoms with E-state index in [9.17, 15) is 5.16 Å². The molecule has 2 heteroatoms. The minimum atomic E-state index is -2.00. The van der Waals surface area contributed by atoms with E-state index < -0.39 is 7.05 Å². The Bertz CT molecular complexity index is 622. The third kappa shape index (κ3) is 7.96. The van der Waals surface area contributed by atoms with E-state index in [1.54, 1.807) is 0 Å². The molecule has 0 fully saturated rings. The maximum absolute atomic E-state index is 9.35. The van der Waals surface area contributed by atoms with Crippen molar-refractivity contribution in [1.29, 1.82) is 5.16 Å². The van der Waals surface area contributed by atoms with Gasteiger partial charge in [-0.1, -0.05) is 138 Å². The van der Waals surface area contributed by atoms with Gasteiger partial charge in [0.15, 0.2) is 0 Å². The second kappa shape index (κ2) is 13.8. The summed E-state index contributed by atoms with van der Waals surface area (Å²) >= 11 is 0. The molecule has 0 aliphatic heterocycles. The normalized spacial score (nSPS) is 11.6. The van der Waals surface area contributed by atoms with Crippen LogP contribution >= 0.6 is 7.05 Å². The van der Waals surface area contributed by atoms with Crippen molar-refractivity contribution >= 4 is 17.7 Å². The molecular weight excluding hydrogens is 357 g/mol. The quantitative estimate of drug-likeness (QED) is 0.232. The molecule has 0 radical (unpaired) electrons. The van der Waals surface area contributed by atoms with Crippen LogP contribution in [0.1, 0.15) is 84.0 Å². The van der Waals surface area contributed by atoms with Gasteiger partial charge >= 0.3 is 0 Å². The fraction of sp³-hybridized carbons (Fsp3) is 0.538. The molecule has 2 aromatic carbocycles. The molecule has 2 rings (SSSR count). The van der Waals surface area contributed by atoms with Gasteiger partial charge in [0.1, 0.15) is 0 Å². The zero-order valence-corrected chi connectivity index (χ0v) is 18.8. The molecule has 0 unspecified atom stereocenters. The van der Waals surface area contributed by atoms with E-state index in [1.807, 2.05) is 0 Å². The second-order valence-electron chi connectivity index (χ2n) is 8.09. The van der Waals surface area contributed by atoms with Crippen LogP contribution in [0.25, 0.3) is 0 Å². The third-order valence-electron chi connectivity index (χ3n) is 5.74. The second-order valence-corrected chi connectivity index (χ2v) is 11.2. The highest BCUT2D eigenvalue weighted by Crippen LogP contribution is 2.45. The largest absolute Gasteiger partial charge is 0.309 e. The summed E-state index contributed by atoms with van der Waals surface area (Å²) in [5.41, 5.74) is 0. The van der Waals surface area contributed by atoms with Crippen molar-refractivity contribution < 1.29 is 0 Å². The Balaban J connectivity index is 1.69. The number of hydrogen-bond donors (Lipinski definition) is 1. The molecule has 0 aliphatic carbocycles. The van der Waals surface area contributed by atoms with Crippen molar-refractivity contribution in [2.75, 3.05) is 6.16 Å². The first kappa shape index (κ1) is 23.0. The van der Waals surface area contributed by atoms with Gasteiger partial charge in [0.2, 0.25) is 0 Å². The molecule has 0 saturated carbocycles. The van der Waals surface area contributed by atoms with Crippen LogP contribution in [-0.2, 0) is 0 Å². The molecule has 0 spiro atoms. The van der Waals surface area contributed by atoms with Crippen LogP contribution in [0.3, 0.4) is 0 Å². The Hall–Kier alpha value is -1.33. The monoisotopic (exact) mass is 397 g/mol. The van der Waals surface area contributed by atoms with E-state index in [1.165, 1.54) is 87.7 Å². The van der Waals surface area contributed by atoms with Crippen molar-refractivity contribution in [3.05, 3.63) is 60.7 Å². The minimum Gasteiger partial charge on any atom is -0.309 e. The molecule has 0 aromatic heterocycles. The predicted octanol–water partition coefficient (Wildman–Crippen LogP) is 8.12. The number of hydrogen-bond acceptors (Lipinski definition) is 1. The van der Waals surface area contributed by atoms with E-state index in [2.05, 4.69) is 67.6 Å². The molecule has 1 N–H and O–H groups in total. The van der Waals surface area contributed by atoms with Crippen molar-refractivity contribution in [3.63, 3.8) is 0 Å². The standard InChI is InChI=1S/C26H40NP/c1-2-3-4-5-6-7-8-9-10-11-12-19-24-28(27,25-20-15-13-16-21-25)26-22-17-14-18-23-26/h13-18,20-23,27H,2-12,19,24H2,1H3. The number of unbranched alkanes of at least 4 members (excludes halogenated alkanes) is 11. The lowest BCUT2D eigenvalue weighted by molar-refractivity contribution is 0.548. The summed E-state index contributed by atoms with van der Waals surface area (Å²) in [5.74, 6) is 0. The molecular formula is C26H40NP. The molecule has 0 amide bonds. The van der Waals surface area contributed by atoms with E-state index >= 15 is 0 Å². The van der Waals surface area contributed by atoms with E-state index in [0.717, 1.165) is 6.16 Å². The zero-order chi connectivity index (χ0) is 19.9. The minimum absolute atomic E-state index is 1.01. The maximum atomic E-state index is 9.35. The van der Waals surface area contributed by atoms with Gasteiger partial charge in [0.05, 0.1) is 0 Å². The van der Waals surface area contributed by atoms with Crippen LogP contribution < -0.4 is 10.6 Å². The first-order valence-electron chi connectivity index (χ1n) is 11.5. The van der Waals surface area contributed by atoms with Crippen molar-refractivity contribution in [2.24, 2.45) is 0 Å². The average molecular weight is 398 g/mol. The lowest BCUT2D eigenvalue weighted by Crippen LogP contribution is -2.18. The highest BCUT2D eigenvalue weighted by molar-refractivity contribution is 7.79. The Kier molecular flexibility index (Phi) is 11.3. The van der Waals surface area contributed by atoms with Gasteiger partial charge in [0, 0.05) is 7.05 Å². The molecule has 0 atom stereocenters. The molecule has 0 saturated heterocycles. The van der Waals surface area contributed by atoms with Crippen molar-refractivity contribution in [2.45, 2.75) is 84.0 Å². The molecule has 2 aromatic rings. The van der Waals surface area contributed by atoms with Crippen LogP contribution in [0.4, 0.5) is 0 Å². The van der Waals surface area contributed by atoms with Crippen molar-refractivity contribution in [1.82, 2.24) is 0 Å². The van der Waals surface area contributed by atoms with Gasteiger partial charge in [-0.05, 0) is 23.2 Å². The van der Waals surface area contributed by atoms with E-state index in [4.69, 9.17) is 0 Å². The highest BCUT2D eigenvalue weighted by Gasteiger charge is 2.21. The lowest BCUT2D eigenvalue weighted by atomic mass is 10.1. The molecule has 0 heterocycles. The average Bonchev–Trinajstić information content (AvgIpc) is 2.75. The van der Waals surface area contributed by atoms with Gasteiger partial charge in [-0.2, -0.15) is 0 Å². The van der Waals surface area contributed by atoms with Crippen LogP contribution in [0.15, 0.2) is 60.7 Å². The van der Waals surface area contributed by atoms with Crippen LogP contribution in [-0.4, -0.2) is 6.16 Å². The fourth-order valence-corrected chi connectivity index (χ4v) is 6.84. The van der Waals surface area contributed by atoms with Gasteiger partial charge < -0.3 is 5.16 Å². The van der Waals surface area contributed by atoms with Gasteiger partial charge in [0.25, 0.3) is 0 Å². The summed E-state index contributed by atoms with van der Waals surface area (Å²) in [7, 11) is -2.00. The van der Waals surface area contributed by atoms with E-state index in [0.29, 0.717) is 0 Å². The number of benzene rings is 2. The van der Waals surface area contributed by atoms with Crippen LogP contribution in [0, 0.1) is 5.16 Å². The molecule has 0 bridgehead atoms. The molecule has 1 nitrogen and oxygen atoms in total. The highest BCUT2D eigenvalue weighted by atomic mass is 31.2.